The van der Waals surface area contributed by atoms with Crippen LogP contribution in [0.4, 0.5) is 0 Å². The molecule has 4 aliphatic rings. The zero-order chi connectivity index (χ0) is 23.8. The molecule has 1 saturated heterocycles. The Hall–Kier alpha value is -2.58. The minimum absolute atomic E-state index is 0.114. The SMILES string of the molecule is C[C@@]12CC[C@@H]3C[C@]1(C(=O)OCc1ccccc1)N(S(=O)(=O)c1ccc4c(c1)OCCO4)C[C@]32C. The van der Waals surface area contributed by atoms with Gasteiger partial charge in [-0.25, -0.2) is 13.2 Å². The predicted octanol–water partition coefficient (Wildman–Crippen LogP) is 3.77. The van der Waals surface area contributed by atoms with E-state index in [1.807, 2.05) is 30.3 Å². The van der Waals surface area contributed by atoms with Gasteiger partial charge in [-0.15, -0.1) is 0 Å². The van der Waals surface area contributed by atoms with Gasteiger partial charge in [0.25, 0.3) is 0 Å². The molecule has 2 heterocycles. The van der Waals surface area contributed by atoms with Crippen molar-refractivity contribution in [2.24, 2.45) is 16.7 Å². The highest BCUT2D eigenvalue weighted by atomic mass is 32.2. The first-order valence-electron chi connectivity index (χ1n) is 11.9. The molecule has 0 amide bonds. The normalized spacial score (nSPS) is 33.8. The second-order valence-electron chi connectivity index (χ2n) is 10.4. The summed E-state index contributed by atoms with van der Waals surface area (Å²) in [6.07, 6.45) is 2.32. The number of carbonyl (C=O) groups is 1. The van der Waals surface area contributed by atoms with Crippen molar-refractivity contribution in [2.45, 2.75) is 50.2 Å². The fraction of sp³-hybridized carbons (Fsp3) is 0.500. The third-order valence-corrected chi connectivity index (χ3v) is 11.0. The van der Waals surface area contributed by atoms with Crippen molar-refractivity contribution >= 4 is 16.0 Å². The van der Waals surface area contributed by atoms with Crippen molar-refractivity contribution in [2.75, 3.05) is 19.8 Å². The van der Waals surface area contributed by atoms with Crippen molar-refractivity contribution < 1.29 is 27.4 Å². The first kappa shape index (κ1) is 21.9. The standard InChI is InChI=1S/C26H29NO6S/c1-24-17-27(34(29,30)20-8-9-21-22(14-20)32-13-12-31-21)26(15-19(24)10-11-25(24,26)2)23(28)33-16-18-6-4-3-5-7-18/h3-9,14,19H,10-13,15-17H2,1-2H3/t19-,24-,25+,26-/m1/s1. The number of rotatable bonds is 5. The maximum atomic E-state index is 14.1. The molecule has 2 aromatic rings. The third kappa shape index (κ3) is 2.67. The molecule has 4 bridgehead atoms. The number of ether oxygens (including phenoxy) is 3. The van der Waals surface area contributed by atoms with Crippen molar-refractivity contribution in [1.29, 1.82) is 0 Å². The molecule has 0 N–H and O–H groups in total. The summed E-state index contributed by atoms with van der Waals surface area (Å²) in [4.78, 5) is 14.0. The molecule has 7 nitrogen and oxygen atoms in total. The minimum atomic E-state index is -3.99. The highest BCUT2D eigenvalue weighted by Gasteiger charge is 2.82. The Labute approximate surface area is 200 Å². The second-order valence-corrected chi connectivity index (χ2v) is 12.3. The molecule has 0 spiro atoms. The van der Waals surface area contributed by atoms with Crippen molar-refractivity contribution in [3.63, 3.8) is 0 Å². The Morgan fingerprint density at radius 3 is 2.56 bits per heavy atom. The maximum absolute atomic E-state index is 14.1. The van der Waals surface area contributed by atoms with Gasteiger partial charge in [0.05, 0.1) is 4.90 Å². The van der Waals surface area contributed by atoms with Gasteiger partial charge in [-0.2, -0.15) is 4.31 Å². The molecule has 34 heavy (non-hydrogen) atoms. The van der Waals surface area contributed by atoms with E-state index in [2.05, 4.69) is 13.8 Å². The number of esters is 1. The molecular formula is C26H29NO6S. The van der Waals surface area contributed by atoms with Gasteiger partial charge >= 0.3 is 5.97 Å². The topological polar surface area (TPSA) is 82.1 Å². The molecule has 0 unspecified atom stereocenters. The highest BCUT2D eigenvalue weighted by Crippen LogP contribution is 2.76. The smallest absolute Gasteiger partial charge is 0.328 e. The first-order chi connectivity index (χ1) is 16.2. The van der Waals surface area contributed by atoms with E-state index < -0.39 is 26.9 Å². The molecule has 4 atom stereocenters. The monoisotopic (exact) mass is 483 g/mol. The summed E-state index contributed by atoms with van der Waals surface area (Å²) >= 11 is 0. The molecule has 0 aromatic heterocycles. The van der Waals surface area contributed by atoms with Crippen LogP contribution in [0.3, 0.4) is 0 Å². The number of sulfonamides is 1. The van der Waals surface area contributed by atoms with Gasteiger partial charge < -0.3 is 14.2 Å². The Kier molecular flexibility index (Phi) is 4.65. The summed E-state index contributed by atoms with van der Waals surface area (Å²) in [7, 11) is -3.99. The minimum Gasteiger partial charge on any atom is -0.486 e. The summed E-state index contributed by atoms with van der Waals surface area (Å²) in [6, 6.07) is 14.2. The maximum Gasteiger partial charge on any atom is 0.328 e. The van der Waals surface area contributed by atoms with Gasteiger partial charge in [-0.1, -0.05) is 44.2 Å². The molecule has 2 aliphatic heterocycles. The average Bonchev–Trinajstić information content (AvgIpc) is 3.31. The Bertz CT molecular complexity index is 1260. The van der Waals surface area contributed by atoms with E-state index in [1.165, 1.54) is 10.4 Å². The Morgan fingerprint density at radius 1 is 1.09 bits per heavy atom. The summed E-state index contributed by atoms with van der Waals surface area (Å²) in [5, 5.41) is 0. The van der Waals surface area contributed by atoms with Crippen LogP contribution in [-0.4, -0.2) is 44.0 Å². The van der Waals surface area contributed by atoms with E-state index >= 15 is 0 Å². The molecule has 2 aliphatic carbocycles. The van der Waals surface area contributed by atoms with Gasteiger partial charge in [0.1, 0.15) is 25.4 Å². The molecule has 0 radical (unpaired) electrons. The highest BCUT2D eigenvalue weighted by molar-refractivity contribution is 7.89. The zero-order valence-electron chi connectivity index (χ0n) is 19.5. The second kappa shape index (κ2) is 7.21. The predicted molar refractivity (Wildman–Crippen MR) is 124 cm³/mol. The summed E-state index contributed by atoms with van der Waals surface area (Å²) < 4.78 is 46.7. The van der Waals surface area contributed by atoms with Gasteiger partial charge in [0.15, 0.2) is 11.5 Å². The zero-order valence-corrected chi connectivity index (χ0v) is 20.3. The lowest BCUT2D eigenvalue weighted by Gasteiger charge is -2.45. The van der Waals surface area contributed by atoms with Crippen LogP contribution in [-0.2, 0) is 26.2 Å². The van der Waals surface area contributed by atoms with E-state index in [0.717, 1.165) is 18.4 Å². The van der Waals surface area contributed by atoms with E-state index in [9.17, 15) is 13.2 Å². The van der Waals surface area contributed by atoms with Crippen LogP contribution < -0.4 is 9.47 Å². The molecular weight excluding hydrogens is 454 g/mol. The van der Waals surface area contributed by atoms with Crippen molar-refractivity contribution in [3.05, 3.63) is 54.1 Å². The number of hydrogen-bond donors (Lipinski definition) is 0. The van der Waals surface area contributed by atoms with Crippen LogP contribution in [0.1, 0.15) is 38.7 Å². The fourth-order valence-electron chi connectivity index (χ4n) is 7.07. The van der Waals surface area contributed by atoms with E-state index in [-0.39, 0.29) is 16.9 Å². The molecule has 180 valence electrons. The number of benzene rings is 2. The van der Waals surface area contributed by atoms with Crippen molar-refractivity contribution in [3.8, 4) is 11.5 Å². The van der Waals surface area contributed by atoms with Gasteiger partial charge in [0, 0.05) is 18.0 Å². The molecule has 8 heteroatoms. The number of piperidine rings is 1. The first-order valence-corrected chi connectivity index (χ1v) is 13.3. The lowest BCUT2D eigenvalue weighted by Crippen LogP contribution is -2.61. The van der Waals surface area contributed by atoms with E-state index in [0.29, 0.717) is 43.6 Å². The van der Waals surface area contributed by atoms with Gasteiger partial charge in [-0.3, -0.25) is 0 Å². The average molecular weight is 484 g/mol. The van der Waals surface area contributed by atoms with Crippen LogP contribution >= 0.6 is 0 Å². The number of nitrogens with zero attached hydrogens (tertiary/aromatic N) is 1. The molecule has 3 fully saturated rings. The van der Waals surface area contributed by atoms with Crippen molar-refractivity contribution in [1.82, 2.24) is 4.31 Å². The van der Waals surface area contributed by atoms with Gasteiger partial charge in [-0.05, 0) is 48.3 Å². The van der Waals surface area contributed by atoms with E-state index in [4.69, 9.17) is 14.2 Å². The fourth-order valence-corrected chi connectivity index (χ4v) is 9.02. The summed E-state index contributed by atoms with van der Waals surface area (Å²) in [6.45, 7) is 5.47. The van der Waals surface area contributed by atoms with Crippen LogP contribution in [0.2, 0.25) is 0 Å². The number of carbonyl (C=O) groups excluding carboxylic acids is 1. The van der Waals surface area contributed by atoms with Crippen LogP contribution in [0.5, 0.6) is 11.5 Å². The van der Waals surface area contributed by atoms with Crippen LogP contribution in [0.15, 0.2) is 53.4 Å². The van der Waals surface area contributed by atoms with E-state index in [1.54, 1.807) is 12.1 Å². The Balaban J connectivity index is 1.40. The third-order valence-electron chi connectivity index (χ3n) is 9.16. The van der Waals surface area contributed by atoms with Crippen LogP contribution in [0, 0.1) is 16.7 Å². The lowest BCUT2D eigenvalue weighted by molar-refractivity contribution is -0.162. The number of hydrogen-bond acceptors (Lipinski definition) is 6. The largest absolute Gasteiger partial charge is 0.486 e. The van der Waals surface area contributed by atoms with Crippen LogP contribution in [0.25, 0.3) is 0 Å². The quantitative estimate of drug-likeness (QED) is 0.602. The summed E-state index contributed by atoms with van der Waals surface area (Å²) in [5.41, 5.74) is -1.10. The lowest BCUT2D eigenvalue weighted by atomic mass is 9.66. The summed E-state index contributed by atoms with van der Waals surface area (Å²) in [5.74, 6) is 0.804. The Morgan fingerprint density at radius 2 is 1.82 bits per heavy atom. The molecule has 2 saturated carbocycles. The molecule has 2 aromatic carbocycles. The molecule has 6 rings (SSSR count). The van der Waals surface area contributed by atoms with Gasteiger partial charge in [0.2, 0.25) is 10.0 Å². The number of fused-ring (bicyclic) bond motifs is 1.